The van der Waals surface area contributed by atoms with E-state index in [2.05, 4.69) is 17.0 Å². The van der Waals surface area contributed by atoms with Gasteiger partial charge in [0.1, 0.15) is 25.0 Å². The minimum absolute atomic E-state index is 0.121. The van der Waals surface area contributed by atoms with Gasteiger partial charge in [0.25, 0.3) is 5.56 Å². The molecule has 0 aliphatic carbocycles. The molecular weight excluding hydrogens is 264 g/mol. The molecule has 0 spiro atoms. The van der Waals surface area contributed by atoms with Crippen molar-refractivity contribution in [3.8, 4) is 12.0 Å². The number of nitrogens with zero attached hydrogens (tertiary/aromatic N) is 1. The Hall–Kier alpha value is -2.04. The molecule has 1 aromatic rings. The van der Waals surface area contributed by atoms with Crippen LogP contribution in [0.5, 0.6) is 0 Å². The standard InChI is InChI=1S/C13H16N2O5/c1-3-4-19-7-10-9(16)5-11(20-10)15-6-8(2)12(17)14-13(15)18/h6,9-11,16H,5,7H2,1-2H3,(H,14,17,18)/t9-,10+,11+/m0/s1. The zero-order valence-electron chi connectivity index (χ0n) is 11.3. The molecule has 108 valence electrons. The Morgan fingerprint density at radius 1 is 1.60 bits per heavy atom. The maximum absolute atomic E-state index is 11.7. The highest BCUT2D eigenvalue weighted by molar-refractivity contribution is 5.02. The summed E-state index contributed by atoms with van der Waals surface area (Å²) in [5, 5.41) is 9.89. The Labute approximate surface area is 115 Å². The lowest BCUT2D eigenvalue weighted by atomic mass is 10.2. The molecule has 0 aromatic carbocycles. The number of rotatable bonds is 3. The van der Waals surface area contributed by atoms with Crippen LogP contribution >= 0.6 is 0 Å². The molecule has 1 aliphatic heterocycles. The van der Waals surface area contributed by atoms with Crippen molar-refractivity contribution in [1.82, 2.24) is 9.55 Å². The van der Waals surface area contributed by atoms with Crippen LogP contribution in [0.15, 0.2) is 15.8 Å². The third-order valence-electron chi connectivity index (χ3n) is 3.08. The van der Waals surface area contributed by atoms with Crippen molar-refractivity contribution in [1.29, 1.82) is 0 Å². The van der Waals surface area contributed by atoms with Crippen LogP contribution in [-0.2, 0) is 9.47 Å². The van der Waals surface area contributed by atoms with Crippen LogP contribution < -0.4 is 11.2 Å². The summed E-state index contributed by atoms with van der Waals surface area (Å²) in [4.78, 5) is 25.3. The first-order valence-electron chi connectivity index (χ1n) is 6.22. The van der Waals surface area contributed by atoms with Gasteiger partial charge in [-0.05, 0) is 6.92 Å². The summed E-state index contributed by atoms with van der Waals surface area (Å²) < 4.78 is 11.9. The van der Waals surface area contributed by atoms with Gasteiger partial charge in [0, 0.05) is 25.1 Å². The summed E-state index contributed by atoms with van der Waals surface area (Å²) >= 11 is 0. The number of nitrogens with one attached hydrogen (secondary N) is 1. The van der Waals surface area contributed by atoms with E-state index in [-0.39, 0.29) is 13.0 Å². The zero-order valence-corrected chi connectivity index (χ0v) is 11.3. The van der Waals surface area contributed by atoms with Crippen LogP contribution in [0.1, 0.15) is 25.1 Å². The fourth-order valence-corrected chi connectivity index (χ4v) is 2.03. The van der Waals surface area contributed by atoms with E-state index in [1.165, 1.54) is 10.8 Å². The highest BCUT2D eigenvalue weighted by atomic mass is 16.6. The molecule has 1 aliphatic rings. The highest BCUT2D eigenvalue weighted by Gasteiger charge is 2.36. The molecule has 0 amide bonds. The van der Waals surface area contributed by atoms with Crippen molar-refractivity contribution < 1.29 is 14.6 Å². The number of aromatic nitrogens is 2. The largest absolute Gasteiger partial charge is 0.444 e. The number of aryl methyl sites for hydroxylation is 1. The lowest BCUT2D eigenvalue weighted by Crippen LogP contribution is -2.33. The fourth-order valence-electron chi connectivity index (χ4n) is 2.03. The molecule has 1 saturated heterocycles. The van der Waals surface area contributed by atoms with Gasteiger partial charge in [0.2, 0.25) is 0 Å². The molecule has 1 aromatic heterocycles. The first-order chi connectivity index (χ1) is 9.52. The summed E-state index contributed by atoms with van der Waals surface area (Å²) in [5.41, 5.74) is -0.588. The third-order valence-corrected chi connectivity index (χ3v) is 3.08. The summed E-state index contributed by atoms with van der Waals surface area (Å²) in [7, 11) is 0. The second kappa shape index (κ2) is 5.94. The molecule has 1 fully saturated rings. The van der Waals surface area contributed by atoms with Crippen molar-refractivity contribution >= 4 is 0 Å². The maximum atomic E-state index is 11.7. The van der Waals surface area contributed by atoms with Crippen molar-refractivity contribution in [3.05, 3.63) is 32.6 Å². The molecule has 7 heteroatoms. The number of H-pyrrole nitrogens is 1. The molecular formula is C13H16N2O5. The van der Waals surface area contributed by atoms with E-state index in [0.29, 0.717) is 5.56 Å². The van der Waals surface area contributed by atoms with Gasteiger partial charge in [-0.3, -0.25) is 14.3 Å². The van der Waals surface area contributed by atoms with E-state index in [1.807, 2.05) is 0 Å². The molecule has 2 heterocycles. The van der Waals surface area contributed by atoms with Crippen molar-refractivity contribution in [2.24, 2.45) is 0 Å². The monoisotopic (exact) mass is 280 g/mol. The molecule has 20 heavy (non-hydrogen) atoms. The SMILES string of the molecule is CC#COC[C@H]1O[C@@H](n2cc(C)c(=O)[nH]c2=O)C[C@@H]1O. The molecule has 7 nitrogen and oxygen atoms in total. The summed E-state index contributed by atoms with van der Waals surface area (Å²) in [5.74, 6) is 2.57. The third kappa shape index (κ3) is 2.92. The minimum Gasteiger partial charge on any atom is -0.444 e. The van der Waals surface area contributed by atoms with Crippen LogP contribution in [0.2, 0.25) is 0 Å². The van der Waals surface area contributed by atoms with E-state index >= 15 is 0 Å². The molecule has 0 bridgehead atoms. The zero-order chi connectivity index (χ0) is 14.7. The summed E-state index contributed by atoms with van der Waals surface area (Å²) in [6, 6.07) is 0. The van der Waals surface area contributed by atoms with Gasteiger partial charge in [0.15, 0.2) is 0 Å². The number of hydrogen-bond donors (Lipinski definition) is 2. The van der Waals surface area contributed by atoms with Gasteiger partial charge in [0.05, 0.1) is 6.10 Å². The van der Waals surface area contributed by atoms with Crippen molar-refractivity contribution in [2.45, 2.75) is 38.7 Å². The van der Waals surface area contributed by atoms with Gasteiger partial charge in [-0.15, -0.1) is 0 Å². The van der Waals surface area contributed by atoms with E-state index < -0.39 is 29.7 Å². The second-order valence-corrected chi connectivity index (χ2v) is 4.57. The average Bonchev–Trinajstić information content (AvgIpc) is 2.76. The van der Waals surface area contributed by atoms with Crippen molar-refractivity contribution in [2.75, 3.05) is 6.61 Å². The molecule has 2 rings (SSSR count). The van der Waals surface area contributed by atoms with E-state index in [1.54, 1.807) is 13.8 Å². The number of ether oxygens (including phenoxy) is 2. The molecule has 0 radical (unpaired) electrons. The second-order valence-electron chi connectivity index (χ2n) is 4.57. The average molecular weight is 280 g/mol. The summed E-state index contributed by atoms with van der Waals surface area (Å²) in [6.45, 7) is 3.35. The number of hydrogen-bond acceptors (Lipinski definition) is 5. The quantitative estimate of drug-likeness (QED) is 0.727. The predicted molar refractivity (Wildman–Crippen MR) is 70.0 cm³/mol. The normalized spacial score (nSPS) is 25.1. The van der Waals surface area contributed by atoms with Crippen LogP contribution in [-0.4, -0.2) is 33.5 Å². The van der Waals surface area contributed by atoms with Crippen LogP contribution in [0.3, 0.4) is 0 Å². The molecule has 0 saturated carbocycles. The number of aliphatic hydroxyl groups is 1. The van der Waals surface area contributed by atoms with Gasteiger partial charge < -0.3 is 14.6 Å². The highest BCUT2D eigenvalue weighted by Crippen LogP contribution is 2.27. The van der Waals surface area contributed by atoms with E-state index in [9.17, 15) is 14.7 Å². The molecule has 0 unspecified atom stereocenters. The van der Waals surface area contributed by atoms with E-state index in [4.69, 9.17) is 9.47 Å². The van der Waals surface area contributed by atoms with Gasteiger partial charge in [-0.25, -0.2) is 4.79 Å². The van der Waals surface area contributed by atoms with Crippen LogP contribution in [0, 0.1) is 19.0 Å². The van der Waals surface area contributed by atoms with Crippen molar-refractivity contribution in [3.63, 3.8) is 0 Å². The van der Waals surface area contributed by atoms with Crippen LogP contribution in [0.25, 0.3) is 0 Å². The smallest absolute Gasteiger partial charge is 0.330 e. The Bertz CT molecular complexity index is 651. The molecule has 2 N–H and O–H groups in total. The van der Waals surface area contributed by atoms with E-state index in [0.717, 1.165) is 0 Å². The minimum atomic E-state index is -0.752. The first-order valence-corrected chi connectivity index (χ1v) is 6.22. The summed E-state index contributed by atoms with van der Waals surface area (Å²) in [6.07, 6.45) is 2.16. The Balaban J connectivity index is 2.15. The topological polar surface area (TPSA) is 93.5 Å². The Morgan fingerprint density at radius 2 is 2.35 bits per heavy atom. The lowest BCUT2D eigenvalue weighted by molar-refractivity contribution is -0.0458. The Kier molecular flexibility index (Phi) is 4.27. The fraction of sp³-hybridized carbons (Fsp3) is 0.538. The number of aliphatic hydroxyl groups excluding tert-OH is 1. The molecule has 3 atom stereocenters. The maximum Gasteiger partial charge on any atom is 0.330 e. The van der Waals surface area contributed by atoms with Gasteiger partial charge in [-0.2, -0.15) is 0 Å². The predicted octanol–water partition coefficient (Wildman–Crippen LogP) is -0.509. The first kappa shape index (κ1) is 14.4. The van der Waals surface area contributed by atoms with Crippen LogP contribution in [0.4, 0.5) is 0 Å². The number of aromatic amines is 1. The van der Waals surface area contributed by atoms with Gasteiger partial charge in [-0.1, -0.05) is 5.92 Å². The lowest BCUT2D eigenvalue weighted by Gasteiger charge is -2.15. The Morgan fingerprint density at radius 3 is 3.05 bits per heavy atom. The van der Waals surface area contributed by atoms with Gasteiger partial charge >= 0.3 is 5.69 Å².